The smallest absolute Gasteiger partial charge is 0.141 e. The van der Waals surface area contributed by atoms with E-state index in [4.69, 9.17) is 5.73 Å². The van der Waals surface area contributed by atoms with E-state index in [1.165, 1.54) is 25.1 Å². The average Bonchev–Trinajstić information content (AvgIpc) is 2.39. The van der Waals surface area contributed by atoms with E-state index in [2.05, 4.69) is 18.8 Å². The number of nitrogens with zero attached hydrogens (tertiary/aromatic N) is 1. The summed E-state index contributed by atoms with van der Waals surface area (Å²) in [5.74, 6) is 0.981. The molecule has 0 aromatic carbocycles. The molecular formula is C15H23FN2. The van der Waals surface area contributed by atoms with Crippen LogP contribution in [0.15, 0.2) is 18.3 Å². The largest absolute Gasteiger partial charge is 0.320 e. The van der Waals surface area contributed by atoms with E-state index in [0.29, 0.717) is 5.92 Å². The standard InChI is InChI=1S/C15H23FN2/c1-3-15(17,12-6-4-11(2)5-7-12)14-9-8-13(16)10-18-14/h8-12H,3-7,17H2,1-2H3. The number of hydrogen-bond donors (Lipinski definition) is 1. The summed E-state index contributed by atoms with van der Waals surface area (Å²) in [6.45, 7) is 4.40. The van der Waals surface area contributed by atoms with Crippen LogP contribution in [0.5, 0.6) is 0 Å². The van der Waals surface area contributed by atoms with E-state index in [1.54, 1.807) is 6.07 Å². The molecule has 1 unspecified atom stereocenters. The molecule has 18 heavy (non-hydrogen) atoms. The fourth-order valence-corrected chi connectivity index (χ4v) is 3.11. The fourth-order valence-electron chi connectivity index (χ4n) is 3.11. The maximum atomic E-state index is 13.0. The first-order chi connectivity index (χ1) is 8.56. The quantitative estimate of drug-likeness (QED) is 0.890. The molecule has 1 aliphatic carbocycles. The average molecular weight is 250 g/mol. The first-order valence-electron chi connectivity index (χ1n) is 6.97. The summed E-state index contributed by atoms with van der Waals surface area (Å²) < 4.78 is 13.0. The van der Waals surface area contributed by atoms with Crippen LogP contribution < -0.4 is 5.73 Å². The van der Waals surface area contributed by atoms with Crippen LogP contribution in [0.3, 0.4) is 0 Å². The zero-order chi connectivity index (χ0) is 13.2. The third-order valence-electron chi connectivity index (χ3n) is 4.53. The SMILES string of the molecule is CCC(N)(c1ccc(F)cn1)C1CCC(C)CC1. The zero-order valence-corrected chi connectivity index (χ0v) is 11.3. The molecule has 2 N–H and O–H groups in total. The molecular weight excluding hydrogens is 227 g/mol. The maximum Gasteiger partial charge on any atom is 0.141 e. The van der Waals surface area contributed by atoms with Crippen molar-refractivity contribution in [2.24, 2.45) is 17.6 Å². The Labute approximate surface area is 109 Å². The summed E-state index contributed by atoms with van der Waals surface area (Å²) in [5.41, 5.74) is 7.05. The Morgan fingerprint density at radius 2 is 2.00 bits per heavy atom. The van der Waals surface area contributed by atoms with Gasteiger partial charge < -0.3 is 5.73 Å². The van der Waals surface area contributed by atoms with Crippen LogP contribution in [0.1, 0.15) is 51.6 Å². The molecule has 1 heterocycles. The molecule has 0 saturated heterocycles. The Hall–Kier alpha value is -0.960. The summed E-state index contributed by atoms with van der Waals surface area (Å²) in [5, 5.41) is 0. The van der Waals surface area contributed by atoms with Crippen LogP contribution >= 0.6 is 0 Å². The minimum absolute atomic E-state index is 0.297. The van der Waals surface area contributed by atoms with Crippen molar-refractivity contribution in [2.75, 3.05) is 0 Å². The van der Waals surface area contributed by atoms with Crippen molar-refractivity contribution in [2.45, 2.75) is 51.5 Å². The second-order valence-corrected chi connectivity index (χ2v) is 5.71. The van der Waals surface area contributed by atoms with Gasteiger partial charge >= 0.3 is 0 Å². The topological polar surface area (TPSA) is 38.9 Å². The molecule has 0 aliphatic heterocycles. The molecule has 2 rings (SSSR count). The van der Waals surface area contributed by atoms with Crippen LogP contribution in [0.4, 0.5) is 4.39 Å². The molecule has 1 atom stereocenters. The molecule has 0 radical (unpaired) electrons. The van der Waals surface area contributed by atoms with Gasteiger partial charge in [-0.3, -0.25) is 4.98 Å². The highest BCUT2D eigenvalue weighted by atomic mass is 19.1. The Bertz CT molecular complexity index is 382. The first kappa shape index (κ1) is 13.5. The lowest BCUT2D eigenvalue weighted by molar-refractivity contribution is 0.169. The van der Waals surface area contributed by atoms with Crippen molar-refractivity contribution in [1.29, 1.82) is 0 Å². The lowest BCUT2D eigenvalue weighted by atomic mass is 9.70. The number of rotatable bonds is 3. The summed E-state index contributed by atoms with van der Waals surface area (Å²) in [7, 11) is 0. The fraction of sp³-hybridized carbons (Fsp3) is 0.667. The van der Waals surface area contributed by atoms with Gasteiger partial charge in [-0.1, -0.05) is 26.7 Å². The molecule has 0 bridgehead atoms. The van der Waals surface area contributed by atoms with Crippen LogP contribution in [0, 0.1) is 17.7 Å². The molecule has 1 aliphatic rings. The minimum atomic E-state index is -0.395. The molecule has 2 nitrogen and oxygen atoms in total. The maximum absolute atomic E-state index is 13.0. The van der Waals surface area contributed by atoms with Gasteiger partial charge in [0.2, 0.25) is 0 Å². The molecule has 1 fully saturated rings. The van der Waals surface area contributed by atoms with E-state index in [1.807, 2.05) is 0 Å². The number of halogens is 1. The first-order valence-corrected chi connectivity index (χ1v) is 6.97. The van der Waals surface area contributed by atoms with E-state index in [9.17, 15) is 4.39 Å². The van der Waals surface area contributed by atoms with Crippen molar-refractivity contribution < 1.29 is 4.39 Å². The third kappa shape index (κ3) is 2.56. The number of pyridine rings is 1. The second-order valence-electron chi connectivity index (χ2n) is 5.71. The van der Waals surface area contributed by atoms with E-state index in [0.717, 1.165) is 30.9 Å². The highest BCUT2D eigenvalue weighted by Crippen LogP contribution is 2.40. The van der Waals surface area contributed by atoms with Gasteiger partial charge in [-0.15, -0.1) is 0 Å². The summed E-state index contributed by atoms with van der Waals surface area (Å²) in [6.07, 6.45) is 6.92. The highest BCUT2D eigenvalue weighted by molar-refractivity contribution is 5.17. The lowest BCUT2D eigenvalue weighted by Gasteiger charge is -2.40. The molecule has 3 heteroatoms. The third-order valence-corrected chi connectivity index (χ3v) is 4.53. The van der Waals surface area contributed by atoms with Crippen molar-refractivity contribution >= 4 is 0 Å². The van der Waals surface area contributed by atoms with Gasteiger partial charge in [-0.05, 0) is 43.2 Å². The van der Waals surface area contributed by atoms with E-state index in [-0.39, 0.29) is 5.82 Å². The van der Waals surface area contributed by atoms with Crippen molar-refractivity contribution in [3.05, 3.63) is 29.8 Å². The molecule has 1 aromatic rings. The highest BCUT2D eigenvalue weighted by Gasteiger charge is 2.37. The van der Waals surface area contributed by atoms with Gasteiger partial charge in [-0.25, -0.2) is 4.39 Å². The van der Waals surface area contributed by atoms with Crippen molar-refractivity contribution in [1.82, 2.24) is 4.98 Å². The second kappa shape index (κ2) is 5.35. The Morgan fingerprint density at radius 3 is 2.50 bits per heavy atom. The van der Waals surface area contributed by atoms with Gasteiger partial charge in [0, 0.05) is 0 Å². The molecule has 0 spiro atoms. The number of aromatic nitrogens is 1. The van der Waals surface area contributed by atoms with Crippen molar-refractivity contribution in [3.8, 4) is 0 Å². The van der Waals surface area contributed by atoms with E-state index < -0.39 is 5.54 Å². The monoisotopic (exact) mass is 250 g/mol. The predicted molar refractivity (Wildman–Crippen MR) is 71.5 cm³/mol. The lowest BCUT2D eigenvalue weighted by Crippen LogP contribution is -2.45. The normalized spacial score (nSPS) is 27.8. The summed E-state index contributed by atoms with van der Waals surface area (Å²) in [6, 6.07) is 3.21. The zero-order valence-electron chi connectivity index (χ0n) is 11.3. The molecule has 1 saturated carbocycles. The predicted octanol–water partition coefficient (Wildman–Crippen LogP) is 3.61. The van der Waals surface area contributed by atoms with Gasteiger partial charge in [0.05, 0.1) is 17.4 Å². The number of nitrogens with two attached hydrogens (primary N) is 1. The minimum Gasteiger partial charge on any atom is -0.320 e. The van der Waals surface area contributed by atoms with Gasteiger partial charge in [0.1, 0.15) is 5.82 Å². The Balaban J connectivity index is 2.21. The molecule has 1 aromatic heterocycles. The van der Waals surface area contributed by atoms with E-state index >= 15 is 0 Å². The van der Waals surface area contributed by atoms with Gasteiger partial charge in [-0.2, -0.15) is 0 Å². The molecule has 0 amide bonds. The summed E-state index contributed by atoms with van der Waals surface area (Å²) >= 11 is 0. The Morgan fingerprint density at radius 1 is 1.33 bits per heavy atom. The van der Waals surface area contributed by atoms with Crippen LogP contribution in [0.25, 0.3) is 0 Å². The molecule has 100 valence electrons. The van der Waals surface area contributed by atoms with Crippen LogP contribution in [-0.4, -0.2) is 4.98 Å². The summed E-state index contributed by atoms with van der Waals surface area (Å²) in [4.78, 5) is 4.22. The van der Waals surface area contributed by atoms with Crippen LogP contribution in [-0.2, 0) is 5.54 Å². The van der Waals surface area contributed by atoms with Gasteiger partial charge in [0.25, 0.3) is 0 Å². The van der Waals surface area contributed by atoms with Crippen LogP contribution in [0.2, 0.25) is 0 Å². The van der Waals surface area contributed by atoms with Gasteiger partial charge in [0.15, 0.2) is 0 Å². The Kier molecular flexibility index (Phi) is 4.00. The number of hydrogen-bond acceptors (Lipinski definition) is 2. The van der Waals surface area contributed by atoms with Crippen molar-refractivity contribution in [3.63, 3.8) is 0 Å².